The maximum absolute atomic E-state index is 10.5. The number of hydrogen-bond acceptors (Lipinski definition) is 2. The molecule has 0 heterocycles. The summed E-state index contributed by atoms with van der Waals surface area (Å²) in [6.45, 7) is 0. The zero-order valence-electron chi connectivity index (χ0n) is 18.9. The molecule has 0 unspecified atom stereocenters. The summed E-state index contributed by atoms with van der Waals surface area (Å²) in [5, 5.41) is 21.0. The van der Waals surface area contributed by atoms with Gasteiger partial charge in [-0.15, -0.1) is 0 Å². The van der Waals surface area contributed by atoms with Crippen molar-refractivity contribution in [3.8, 4) is 33.8 Å². The van der Waals surface area contributed by atoms with E-state index in [1.165, 1.54) is 75.3 Å². The molecule has 166 valence electrons. The molecule has 2 aliphatic carbocycles. The number of phenolic OH excluding ortho intramolecular Hbond substituents is 2. The van der Waals surface area contributed by atoms with Crippen LogP contribution in [-0.2, 0) is 0 Å². The molecule has 2 aliphatic rings. The molecule has 0 amide bonds. The summed E-state index contributed by atoms with van der Waals surface area (Å²) in [6, 6.07) is 20.9. The first kappa shape index (κ1) is 21.1. The van der Waals surface area contributed by atoms with Crippen LogP contribution in [0.4, 0.5) is 0 Å². The molecular weight excluding hydrogens is 392 g/mol. The van der Waals surface area contributed by atoms with Crippen molar-refractivity contribution in [2.75, 3.05) is 0 Å². The molecule has 0 radical (unpaired) electrons. The van der Waals surface area contributed by atoms with Crippen LogP contribution < -0.4 is 0 Å². The normalized spacial score (nSPS) is 18.0. The van der Waals surface area contributed by atoms with E-state index in [-0.39, 0.29) is 0 Å². The van der Waals surface area contributed by atoms with Crippen molar-refractivity contribution in [3.63, 3.8) is 0 Å². The van der Waals surface area contributed by atoms with E-state index in [1.807, 2.05) is 24.3 Å². The van der Waals surface area contributed by atoms with Crippen molar-refractivity contribution in [1.29, 1.82) is 0 Å². The average Bonchev–Trinajstić information content (AvgIpc) is 2.86. The fourth-order valence-corrected chi connectivity index (χ4v) is 5.83. The Balaban J connectivity index is 1.47. The van der Waals surface area contributed by atoms with Crippen LogP contribution in [0, 0.1) is 0 Å². The minimum atomic E-state index is 0.437. The highest BCUT2D eigenvalue weighted by Crippen LogP contribution is 2.41. The molecule has 0 aliphatic heterocycles. The van der Waals surface area contributed by atoms with Crippen molar-refractivity contribution >= 4 is 0 Å². The van der Waals surface area contributed by atoms with E-state index >= 15 is 0 Å². The summed E-state index contributed by atoms with van der Waals surface area (Å²) in [4.78, 5) is 0. The third-order valence-corrected chi connectivity index (χ3v) is 7.67. The Labute approximate surface area is 192 Å². The molecule has 2 saturated carbocycles. The fourth-order valence-electron chi connectivity index (χ4n) is 5.83. The maximum Gasteiger partial charge on any atom is 0.119 e. The van der Waals surface area contributed by atoms with Crippen LogP contribution in [0.15, 0.2) is 60.7 Å². The fraction of sp³-hybridized carbons (Fsp3) is 0.400. The standard InChI is InChI=1S/C30H34O2/c31-29-16-14-25(19-27(29)21-8-3-1-4-9-21)23-12-7-13-24(18-23)26-15-17-30(32)28(20-26)22-10-5-2-6-11-22/h7,12-22,31-32H,1-6,8-11H2. The zero-order valence-corrected chi connectivity index (χ0v) is 18.9. The molecule has 0 atom stereocenters. The van der Waals surface area contributed by atoms with Gasteiger partial charge < -0.3 is 10.2 Å². The Bertz CT molecular complexity index is 989. The molecular formula is C30H34O2. The first-order chi connectivity index (χ1) is 15.7. The number of aromatic hydroxyl groups is 2. The van der Waals surface area contributed by atoms with Gasteiger partial charge in [-0.1, -0.05) is 68.9 Å². The Morgan fingerprint density at radius 3 is 1.31 bits per heavy atom. The molecule has 0 bridgehead atoms. The lowest BCUT2D eigenvalue weighted by Gasteiger charge is -2.23. The smallest absolute Gasteiger partial charge is 0.119 e. The highest BCUT2D eigenvalue weighted by molar-refractivity contribution is 5.74. The molecule has 2 fully saturated rings. The van der Waals surface area contributed by atoms with Crippen LogP contribution in [0.2, 0.25) is 0 Å². The summed E-state index contributed by atoms with van der Waals surface area (Å²) in [6.07, 6.45) is 12.4. The highest BCUT2D eigenvalue weighted by atomic mass is 16.3. The minimum Gasteiger partial charge on any atom is -0.508 e. The predicted octanol–water partition coefficient (Wildman–Crippen LogP) is 8.53. The van der Waals surface area contributed by atoms with Gasteiger partial charge in [0, 0.05) is 0 Å². The van der Waals surface area contributed by atoms with Crippen LogP contribution in [0.3, 0.4) is 0 Å². The maximum atomic E-state index is 10.5. The second-order valence-corrected chi connectivity index (χ2v) is 9.80. The van der Waals surface area contributed by atoms with Crippen molar-refractivity contribution in [1.82, 2.24) is 0 Å². The van der Waals surface area contributed by atoms with Gasteiger partial charge in [-0.2, -0.15) is 0 Å². The molecule has 3 aromatic carbocycles. The van der Waals surface area contributed by atoms with Gasteiger partial charge in [-0.25, -0.2) is 0 Å². The number of benzene rings is 3. The summed E-state index contributed by atoms with van der Waals surface area (Å²) >= 11 is 0. The molecule has 3 aromatic rings. The van der Waals surface area contributed by atoms with Gasteiger partial charge in [-0.05, 0) is 101 Å². The van der Waals surface area contributed by atoms with E-state index in [1.54, 1.807) is 0 Å². The first-order valence-corrected chi connectivity index (χ1v) is 12.5. The lowest BCUT2D eigenvalue weighted by molar-refractivity contribution is 0.414. The number of phenols is 2. The van der Waals surface area contributed by atoms with E-state index in [4.69, 9.17) is 0 Å². The number of hydrogen-bond donors (Lipinski definition) is 2. The molecule has 0 saturated heterocycles. The van der Waals surface area contributed by atoms with Crippen LogP contribution in [0.25, 0.3) is 22.3 Å². The van der Waals surface area contributed by atoms with Gasteiger partial charge in [0.05, 0.1) is 0 Å². The Morgan fingerprint density at radius 1 is 0.469 bits per heavy atom. The van der Waals surface area contributed by atoms with Gasteiger partial charge in [0.2, 0.25) is 0 Å². The monoisotopic (exact) mass is 426 g/mol. The molecule has 2 N–H and O–H groups in total. The molecule has 32 heavy (non-hydrogen) atoms. The predicted molar refractivity (Wildman–Crippen MR) is 132 cm³/mol. The lowest BCUT2D eigenvalue weighted by atomic mass is 9.82. The third kappa shape index (κ3) is 4.41. The van der Waals surface area contributed by atoms with E-state index in [0.29, 0.717) is 23.3 Å². The summed E-state index contributed by atoms with van der Waals surface area (Å²) in [7, 11) is 0. The second-order valence-electron chi connectivity index (χ2n) is 9.80. The molecule has 0 spiro atoms. The average molecular weight is 427 g/mol. The van der Waals surface area contributed by atoms with Crippen molar-refractivity contribution < 1.29 is 10.2 Å². The molecule has 0 aromatic heterocycles. The van der Waals surface area contributed by atoms with Gasteiger partial charge in [0.1, 0.15) is 11.5 Å². The van der Waals surface area contributed by atoms with Gasteiger partial charge >= 0.3 is 0 Å². The molecule has 2 nitrogen and oxygen atoms in total. The molecule has 2 heteroatoms. The Hall–Kier alpha value is -2.74. The first-order valence-electron chi connectivity index (χ1n) is 12.5. The second kappa shape index (κ2) is 9.40. The van der Waals surface area contributed by atoms with Crippen LogP contribution in [0.5, 0.6) is 11.5 Å². The molecule has 5 rings (SSSR count). The Morgan fingerprint density at radius 2 is 0.875 bits per heavy atom. The SMILES string of the molecule is Oc1ccc(-c2cccc(-c3ccc(O)c(C4CCCCC4)c3)c2)cc1C1CCCCC1. The van der Waals surface area contributed by atoms with Crippen molar-refractivity contribution in [2.45, 2.75) is 76.0 Å². The summed E-state index contributed by atoms with van der Waals surface area (Å²) in [5.74, 6) is 1.82. The van der Waals surface area contributed by atoms with E-state index < -0.39 is 0 Å². The topological polar surface area (TPSA) is 40.5 Å². The van der Waals surface area contributed by atoms with E-state index in [2.05, 4.69) is 36.4 Å². The van der Waals surface area contributed by atoms with Crippen LogP contribution >= 0.6 is 0 Å². The van der Waals surface area contributed by atoms with E-state index in [0.717, 1.165) is 22.3 Å². The highest BCUT2D eigenvalue weighted by Gasteiger charge is 2.20. The largest absolute Gasteiger partial charge is 0.508 e. The Kier molecular flexibility index (Phi) is 6.21. The van der Waals surface area contributed by atoms with Crippen molar-refractivity contribution in [2.24, 2.45) is 0 Å². The lowest BCUT2D eigenvalue weighted by Crippen LogP contribution is -2.05. The van der Waals surface area contributed by atoms with Gasteiger partial charge in [0.25, 0.3) is 0 Å². The van der Waals surface area contributed by atoms with Crippen LogP contribution in [0.1, 0.15) is 87.2 Å². The summed E-state index contributed by atoms with van der Waals surface area (Å²) < 4.78 is 0. The number of rotatable bonds is 4. The quantitative estimate of drug-likeness (QED) is 0.439. The zero-order chi connectivity index (χ0) is 21.9. The van der Waals surface area contributed by atoms with Crippen LogP contribution in [-0.4, -0.2) is 10.2 Å². The minimum absolute atomic E-state index is 0.437. The van der Waals surface area contributed by atoms with Gasteiger partial charge in [0.15, 0.2) is 0 Å². The van der Waals surface area contributed by atoms with Crippen molar-refractivity contribution in [3.05, 3.63) is 71.8 Å². The van der Waals surface area contributed by atoms with E-state index in [9.17, 15) is 10.2 Å². The third-order valence-electron chi connectivity index (χ3n) is 7.67. The van der Waals surface area contributed by atoms with Gasteiger partial charge in [-0.3, -0.25) is 0 Å². The summed E-state index contributed by atoms with van der Waals surface area (Å²) in [5.41, 5.74) is 6.89.